The number of rotatable bonds is 6. The third kappa shape index (κ3) is 15.0. The molecule has 0 N–H and O–H groups in total. The van der Waals surface area contributed by atoms with Crippen molar-refractivity contribution in [3.05, 3.63) is 12.7 Å². The van der Waals surface area contributed by atoms with Crippen LogP contribution in [0.5, 0.6) is 0 Å². The van der Waals surface area contributed by atoms with Crippen molar-refractivity contribution in [2.75, 3.05) is 27.2 Å². The number of nitrogens with zero attached hydrogens (tertiary/aromatic N) is 1. The van der Waals surface area contributed by atoms with Gasteiger partial charge in [-0.25, -0.2) is 13.2 Å². The summed E-state index contributed by atoms with van der Waals surface area (Å²) < 4.78 is 32.3. The number of quaternary nitrogens is 1. The average molecular weight is 283 g/mol. The second kappa shape index (κ2) is 9.03. The SMILES string of the molecule is C=CC(=O)O[N+](C)(C)CCC.CCOS(=O)(=O)[O-]. The second-order valence-electron chi connectivity index (χ2n) is 3.73. The first-order chi connectivity index (χ1) is 8.08. The van der Waals surface area contributed by atoms with E-state index in [0.29, 0.717) is 0 Å². The maximum atomic E-state index is 10.7. The van der Waals surface area contributed by atoms with Gasteiger partial charge in [0.25, 0.3) is 0 Å². The van der Waals surface area contributed by atoms with E-state index in [9.17, 15) is 17.8 Å². The van der Waals surface area contributed by atoms with Crippen molar-refractivity contribution in [3.63, 3.8) is 0 Å². The first-order valence-corrected chi connectivity index (χ1v) is 6.70. The van der Waals surface area contributed by atoms with Gasteiger partial charge >= 0.3 is 5.97 Å². The zero-order valence-corrected chi connectivity index (χ0v) is 12.0. The van der Waals surface area contributed by atoms with E-state index in [-0.39, 0.29) is 17.2 Å². The van der Waals surface area contributed by atoms with Crippen molar-refractivity contribution >= 4 is 16.4 Å². The van der Waals surface area contributed by atoms with E-state index in [1.165, 1.54) is 13.0 Å². The van der Waals surface area contributed by atoms with E-state index in [0.717, 1.165) is 13.0 Å². The van der Waals surface area contributed by atoms with Crippen molar-refractivity contribution < 1.29 is 31.4 Å². The lowest BCUT2D eigenvalue weighted by Gasteiger charge is -2.24. The predicted octanol–water partition coefficient (Wildman–Crippen LogP) is 0.600. The van der Waals surface area contributed by atoms with Crippen LogP contribution in [0.3, 0.4) is 0 Å². The lowest BCUT2D eigenvalue weighted by Crippen LogP contribution is -2.41. The smallest absolute Gasteiger partial charge is 0.389 e. The van der Waals surface area contributed by atoms with Crippen LogP contribution in [-0.2, 0) is 24.2 Å². The van der Waals surface area contributed by atoms with Gasteiger partial charge in [0, 0.05) is 6.08 Å². The van der Waals surface area contributed by atoms with E-state index >= 15 is 0 Å². The van der Waals surface area contributed by atoms with Gasteiger partial charge in [0.15, 0.2) is 0 Å². The van der Waals surface area contributed by atoms with Gasteiger partial charge in [-0.05, 0) is 13.3 Å². The summed E-state index contributed by atoms with van der Waals surface area (Å²) in [5.74, 6) is -0.372. The highest BCUT2D eigenvalue weighted by atomic mass is 32.3. The summed E-state index contributed by atoms with van der Waals surface area (Å²) in [6, 6.07) is 0. The highest BCUT2D eigenvalue weighted by Crippen LogP contribution is 2.00. The molecular formula is C10H21NO6S. The third-order valence-corrected chi connectivity index (χ3v) is 2.05. The number of carbonyl (C=O) groups excluding carboxylic acids is 1. The van der Waals surface area contributed by atoms with E-state index in [1.807, 2.05) is 21.0 Å². The summed E-state index contributed by atoms with van der Waals surface area (Å²) in [6.07, 6.45) is 2.16. The average Bonchev–Trinajstić information content (AvgIpc) is 2.15. The van der Waals surface area contributed by atoms with Gasteiger partial charge in [0.2, 0.25) is 10.4 Å². The summed E-state index contributed by atoms with van der Waals surface area (Å²) in [4.78, 5) is 15.8. The normalized spacial score (nSPS) is 11.2. The molecule has 0 amide bonds. The fourth-order valence-electron chi connectivity index (χ4n) is 1.01. The van der Waals surface area contributed by atoms with Crippen LogP contribution >= 0.6 is 0 Å². The minimum atomic E-state index is -4.42. The molecule has 7 nitrogen and oxygen atoms in total. The summed E-state index contributed by atoms with van der Waals surface area (Å²) in [5.41, 5.74) is 0. The Morgan fingerprint density at radius 3 is 2.11 bits per heavy atom. The van der Waals surface area contributed by atoms with Crippen molar-refractivity contribution in [1.82, 2.24) is 0 Å². The number of hydrogen-bond donors (Lipinski definition) is 0. The van der Waals surface area contributed by atoms with Crippen LogP contribution in [0.1, 0.15) is 20.3 Å². The minimum Gasteiger partial charge on any atom is -0.726 e. The summed E-state index contributed by atoms with van der Waals surface area (Å²) in [5, 5.41) is 0. The Bertz CT molecular complexity index is 349. The van der Waals surface area contributed by atoms with Crippen LogP contribution in [0.25, 0.3) is 0 Å². The molecule has 0 aromatic heterocycles. The van der Waals surface area contributed by atoms with Crippen molar-refractivity contribution in [3.8, 4) is 0 Å². The van der Waals surface area contributed by atoms with Crippen molar-refractivity contribution in [2.24, 2.45) is 0 Å². The molecule has 0 saturated carbocycles. The van der Waals surface area contributed by atoms with Gasteiger partial charge < -0.3 is 4.55 Å². The van der Waals surface area contributed by atoms with E-state index in [2.05, 4.69) is 10.8 Å². The number of hydrogen-bond acceptors (Lipinski definition) is 6. The molecule has 0 aromatic carbocycles. The zero-order valence-electron chi connectivity index (χ0n) is 11.2. The van der Waals surface area contributed by atoms with Gasteiger partial charge in [0.1, 0.15) is 20.6 Å². The molecule has 0 aromatic rings. The molecule has 0 aliphatic carbocycles. The number of carbonyl (C=O) groups is 1. The predicted molar refractivity (Wildman–Crippen MR) is 64.9 cm³/mol. The quantitative estimate of drug-likeness (QED) is 0.233. The topological polar surface area (TPSA) is 92.7 Å². The van der Waals surface area contributed by atoms with Crippen LogP contribution in [-0.4, -0.2) is 50.8 Å². The highest BCUT2D eigenvalue weighted by molar-refractivity contribution is 7.80. The summed E-state index contributed by atoms with van der Waals surface area (Å²) in [6.45, 7) is 7.52. The first kappa shape index (κ1) is 19.4. The molecule has 108 valence electrons. The monoisotopic (exact) mass is 283 g/mol. The van der Waals surface area contributed by atoms with Crippen LogP contribution in [0.4, 0.5) is 0 Å². The van der Waals surface area contributed by atoms with E-state index in [4.69, 9.17) is 4.84 Å². The lowest BCUT2D eigenvalue weighted by molar-refractivity contribution is -1.06. The molecule has 0 unspecified atom stereocenters. The molecule has 0 radical (unpaired) electrons. The molecule has 8 heteroatoms. The molecule has 0 aliphatic rings. The van der Waals surface area contributed by atoms with Gasteiger partial charge in [-0.15, -0.1) is 4.65 Å². The summed E-state index contributed by atoms with van der Waals surface area (Å²) in [7, 11) is -0.748. The first-order valence-electron chi connectivity index (χ1n) is 5.37. The maximum Gasteiger partial charge on any atom is 0.389 e. The van der Waals surface area contributed by atoms with Crippen LogP contribution in [0, 0.1) is 0 Å². The largest absolute Gasteiger partial charge is 0.726 e. The molecule has 18 heavy (non-hydrogen) atoms. The maximum absolute atomic E-state index is 10.7. The molecule has 0 heterocycles. The standard InChI is InChI=1S/C8H16NO2.C2H6O4S/c1-5-7-9(3,4)11-8(10)6-2;1-2-6-7(3,4)5/h6H,2,5,7H2,1,3-4H3;2H2,1H3,(H,3,4,5)/q+1;/p-1. The molecule has 0 spiro atoms. The molecule has 0 fully saturated rings. The van der Waals surface area contributed by atoms with Gasteiger partial charge in [0.05, 0.1) is 6.61 Å². The molecule has 0 rings (SSSR count). The Labute approximate surface area is 108 Å². The Hall–Kier alpha value is -0.960. The fraction of sp³-hybridized carbons (Fsp3) is 0.700. The van der Waals surface area contributed by atoms with Gasteiger partial charge in [-0.2, -0.15) is 0 Å². The van der Waals surface area contributed by atoms with Crippen LogP contribution < -0.4 is 0 Å². The third-order valence-electron chi connectivity index (χ3n) is 1.53. The molecule has 0 bridgehead atoms. The van der Waals surface area contributed by atoms with Gasteiger partial charge in [-0.1, -0.05) is 13.5 Å². The highest BCUT2D eigenvalue weighted by Gasteiger charge is 2.18. The van der Waals surface area contributed by atoms with Crippen LogP contribution in [0.15, 0.2) is 12.7 Å². The van der Waals surface area contributed by atoms with Gasteiger partial charge in [-0.3, -0.25) is 9.02 Å². The molecular weight excluding hydrogens is 262 g/mol. The fourth-order valence-corrected chi connectivity index (χ4v) is 1.30. The lowest BCUT2D eigenvalue weighted by atomic mass is 10.4. The molecule has 0 aliphatic heterocycles. The second-order valence-corrected chi connectivity index (χ2v) is 4.78. The Morgan fingerprint density at radius 2 is 1.89 bits per heavy atom. The van der Waals surface area contributed by atoms with E-state index < -0.39 is 10.4 Å². The Balaban J connectivity index is 0. The molecule has 0 atom stereocenters. The molecule has 0 saturated heterocycles. The van der Waals surface area contributed by atoms with Crippen molar-refractivity contribution in [1.29, 1.82) is 0 Å². The van der Waals surface area contributed by atoms with E-state index in [1.54, 1.807) is 0 Å². The number of hydroxylamine groups is 3. The Kier molecular flexibility index (Phi) is 9.73. The zero-order chi connectivity index (χ0) is 14.8. The van der Waals surface area contributed by atoms with Crippen LogP contribution in [0.2, 0.25) is 0 Å². The van der Waals surface area contributed by atoms with Crippen molar-refractivity contribution in [2.45, 2.75) is 20.3 Å². The minimum absolute atomic E-state index is 0.0914. The summed E-state index contributed by atoms with van der Waals surface area (Å²) >= 11 is 0. The Morgan fingerprint density at radius 1 is 1.39 bits per heavy atom.